The van der Waals surface area contributed by atoms with Crippen LogP contribution in [0.5, 0.6) is 0 Å². The Balaban J connectivity index is 2.13. The standard InChI is InChI=1S/C13H15BrClNO3S/c1-2-3-8-6-12(8)16-13(17)9-4-10(14)7-11(5-9)20(15,18)19/h4-5,7-8,12H,2-3,6H2,1H3,(H,16,17). The Morgan fingerprint density at radius 3 is 2.75 bits per heavy atom. The molecule has 20 heavy (non-hydrogen) atoms. The maximum absolute atomic E-state index is 12.1. The number of rotatable bonds is 5. The van der Waals surface area contributed by atoms with Gasteiger partial charge in [0.15, 0.2) is 0 Å². The van der Waals surface area contributed by atoms with Crippen LogP contribution in [0.3, 0.4) is 0 Å². The molecule has 4 nitrogen and oxygen atoms in total. The fourth-order valence-electron chi connectivity index (χ4n) is 2.20. The third-order valence-electron chi connectivity index (χ3n) is 3.31. The quantitative estimate of drug-likeness (QED) is 0.797. The number of nitrogens with one attached hydrogen (secondary N) is 1. The van der Waals surface area contributed by atoms with E-state index in [-0.39, 0.29) is 16.8 Å². The van der Waals surface area contributed by atoms with Gasteiger partial charge in [-0.05, 0) is 37.0 Å². The lowest BCUT2D eigenvalue weighted by Gasteiger charge is -2.07. The van der Waals surface area contributed by atoms with Gasteiger partial charge in [0.25, 0.3) is 15.0 Å². The number of hydrogen-bond acceptors (Lipinski definition) is 3. The SMILES string of the molecule is CCCC1CC1NC(=O)c1cc(Br)cc(S(=O)(=O)Cl)c1. The molecule has 1 aliphatic rings. The minimum Gasteiger partial charge on any atom is -0.349 e. The lowest BCUT2D eigenvalue weighted by atomic mass is 10.2. The summed E-state index contributed by atoms with van der Waals surface area (Å²) in [6.45, 7) is 2.11. The van der Waals surface area contributed by atoms with Crippen LogP contribution in [-0.4, -0.2) is 20.4 Å². The Morgan fingerprint density at radius 2 is 2.15 bits per heavy atom. The average Bonchev–Trinajstić information content (AvgIpc) is 3.05. The zero-order valence-electron chi connectivity index (χ0n) is 10.9. The molecule has 1 aromatic rings. The molecule has 2 rings (SSSR count). The summed E-state index contributed by atoms with van der Waals surface area (Å²) in [5.74, 6) is 0.281. The van der Waals surface area contributed by atoms with E-state index in [0.29, 0.717) is 16.0 Å². The first-order valence-electron chi connectivity index (χ1n) is 6.37. The Bertz CT molecular complexity index is 633. The van der Waals surface area contributed by atoms with Crippen LogP contribution < -0.4 is 5.32 Å². The van der Waals surface area contributed by atoms with Crippen molar-refractivity contribution in [2.45, 2.75) is 37.1 Å². The summed E-state index contributed by atoms with van der Waals surface area (Å²) in [6.07, 6.45) is 3.20. The molecule has 1 amide bonds. The molecule has 0 heterocycles. The van der Waals surface area contributed by atoms with E-state index in [4.69, 9.17) is 10.7 Å². The average molecular weight is 381 g/mol. The van der Waals surface area contributed by atoms with Crippen molar-refractivity contribution in [1.82, 2.24) is 5.32 Å². The zero-order valence-corrected chi connectivity index (χ0v) is 14.1. The molecule has 1 aliphatic carbocycles. The smallest absolute Gasteiger partial charge is 0.261 e. The summed E-state index contributed by atoms with van der Waals surface area (Å²) in [6, 6.07) is 4.45. The first kappa shape index (κ1) is 15.8. The van der Waals surface area contributed by atoms with Crippen molar-refractivity contribution in [2.75, 3.05) is 0 Å². The van der Waals surface area contributed by atoms with Crippen molar-refractivity contribution in [2.24, 2.45) is 5.92 Å². The highest BCUT2D eigenvalue weighted by molar-refractivity contribution is 9.10. The first-order chi connectivity index (χ1) is 9.31. The van der Waals surface area contributed by atoms with Gasteiger partial charge in [0, 0.05) is 26.8 Å². The normalized spacial score (nSPS) is 21.6. The van der Waals surface area contributed by atoms with Crippen LogP contribution in [-0.2, 0) is 9.05 Å². The van der Waals surface area contributed by atoms with Gasteiger partial charge in [-0.2, -0.15) is 0 Å². The summed E-state index contributed by atoms with van der Waals surface area (Å²) in [5.41, 5.74) is 0.292. The van der Waals surface area contributed by atoms with Crippen LogP contribution in [0.2, 0.25) is 0 Å². The molecule has 2 unspecified atom stereocenters. The van der Waals surface area contributed by atoms with Crippen LogP contribution in [0.4, 0.5) is 0 Å². The van der Waals surface area contributed by atoms with Crippen molar-refractivity contribution < 1.29 is 13.2 Å². The van der Waals surface area contributed by atoms with Gasteiger partial charge in [-0.25, -0.2) is 8.42 Å². The summed E-state index contributed by atoms with van der Waals surface area (Å²) >= 11 is 3.19. The molecule has 0 radical (unpaired) electrons. The Kier molecular flexibility index (Phi) is 4.76. The molecule has 0 aromatic heterocycles. The van der Waals surface area contributed by atoms with Crippen LogP contribution in [0.1, 0.15) is 36.5 Å². The van der Waals surface area contributed by atoms with Gasteiger partial charge in [-0.1, -0.05) is 29.3 Å². The van der Waals surface area contributed by atoms with Crippen molar-refractivity contribution in [3.05, 3.63) is 28.2 Å². The molecule has 1 aromatic carbocycles. The minimum absolute atomic E-state index is 0.0837. The molecular weight excluding hydrogens is 366 g/mol. The monoisotopic (exact) mass is 379 g/mol. The van der Waals surface area contributed by atoms with Crippen LogP contribution in [0, 0.1) is 5.92 Å². The predicted molar refractivity (Wildman–Crippen MR) is 81.5 cm³/mol. The number of carbonyl (C=O) groups excluding carboxylic acids is 1. The van der Waals surface area contributed by atoms with E-state index in [2.05, 4.69) is 28.2 Å². The molecule has 2 atom stereocenters. The van der Waals surface area contributed by atoms with E-state index >= 15 is 0 Å². The highest BCUT2D eigenvalue weighted by Gasteiger charge is 2.37. The van der Waals surface area contributed by atoms with Crippen molar-refractivity contribution in [3.8, 4) is 0 Å². The summed E-state index contributed by atoms with van der Waals surface area (Å²) < 4.78 is 23.2. The Hall–Kier alpha value is -0.590. The van der Waals surface area contributed by atoms with Gasteiger partial charge in [0.2, 0.25) is 0 Å². The molecule has 1 saturated carbocycles. The van der Waals surface area contributed by atoms with Crippen LogP contribution >= 0.6 is 26.6 Å². The molecular formula is C13H15BrClNO3S. The van der Waals surface area contributed by atoms with Gasteiger partial charge < -0.3 is 5.32 Å². The van der Waals surface area contributed by atoms with Crippen LogP contribution in [0.25, 0.3) is 0 Å². The topological polar surface area (TPSA) is 63.2 Å². The summed E-state index contributed by atoms with van der Waals surface area (Å²) in [4.78, 5) is 12.0. The lowest BCUT2D eigenvalue weighted by Crippen LogP contribution is -2.27. The largest absolute Gasteiger partial charge is 0.349 e. The molecule has 0 spiro atoms. The molecule has 0 aliphatic heterocycles. The predicted octanol–water partition coefficient (Wildman–Crippen LogP) is 3.30. The Labute approximate surface area is 131 Å². The molecule has 7 heteroatoms. The van der Waals surface area contributed by atoms with Gasteiger partial charge in [0.1, 0.15) is 0 Å². The summed E-state index contributed by atoms with van der Waals surface area (Å²) in [5, 5.41) is 2.91. The zero-order chi connectivity index (χ0) is 14.9. The van der Waals surface area contributed by atoms with E-state index in [9.17, 15) is 13.2 Å². The Morgan fingerprint density at radius 1 is 1.45 bits per heavy atom. The maximum Gasteiger partial charge on any atom is 0.261 e. The first-order valence-corrected chi connectivity index (χ1v) is 9.47. The van der Waals surface area contributed by atoms with Crippen molar-refractivity contribution in [1.29, 1.82) is 0 Å². The van der Waals surface area contributed by atoms with E-state index in [1.807, 2.05) is 0 Å². The summed E-state index contributed by atoms with van der Waals surface area (Å²) in [7, 11) is 1.46. The fraction of sp³-hybridized carbons (Fsp3) is 0.462. The maximum atomic E-state index is 12.1. The van der Waals surface area contributed by atoms with Crippen molar-refractivity contribution >= 4 is 41.6 Å². The molecule has 0 saturated heterocycles. The van der Waals surface area contributed by atoms with E-state index in [1.165, 1.54) is 12.1 Å². The third kappa shape index (κ3) is 3.96. The van der Waals surface area contributed by atoms with E-state index < -0.39 is 9.05 Å². The third-order valence-corrected chi connectivity index (χ3v) is 5.10. The fourth-order valence-corrected chi connectivity index (χ4v) is 3.65. The van der Waals surface area contributed by atoms with E-state index in [1.54, 1.807) is 6.07 Å². The second kappa shape index (κ2) is 6.03. The number of benzene rings is 1. The van der Waals surface area contributed by atoms with Crippen molar-refractivity contribution in [3.63, 3.8) is 0 Å². The second-order valence-corrected chi connectivity index (χ2v) is 8.46. The van der Waals surface area contributed by atoms with Gasteiger partial charge >= 0.3 is 0 Å². The van der Waals surface area contributed by atoms with E-state index in [0.717, 1.165) is 19.3 Å². The molecule has 1 fully saturated rings. The van der Waals surface area contributed by atoms with Crippen LogP contribution in [0.15, 0.2) is 27.6 Å². The molecule has 0 bridgehead atoms. The highest BCUT2D eigenvalue weighted by Crippen LogP contribution is 2.34. The lowest BCUT2D eigenvalue weighted by molar-refractivity contribution is 0.0948. The second-order valence-electron chi connectivity index (χ2n) is 4.98. The van der Waals surface area contributed by atoms with Gasteiger partial charge in [-0.3, -0.25) is 4.79 Å². The number of halogens is 2. The molecule has 1 N–H and O–H groups in total. The number of hydrogen-bond donors (Lipinski definition) is 1. The number of carbonyl (C=O) groups is 1. The van der Waals surface area contributed by atoms with Gasteiger partial charge in [-0.15, -0.1) is 0 Å². The van der Waals surface area contributed by atoms with Gasteiger partial charge in [0.05, 0.1) is 4.90 Å². The highest BCUT2D eigenvalue weighted by atomic mass is 79.9. The minimum atomic E-state index is -3.85. The number of amides is 1. The molecule has 110 valence electrons.